The van der Waals surface area contributed by atoms with Crippen molar-refractivity contribution < 1.29 is 0 Å². The fourth-order valence-electron chi connectivity index (χ4n) is 18.9. The summed E-state index contributed by atoms with van der Waals surface area (Å²) in [6.07, 6.45) is 83.2. The summed E-state index contributed by atoms with van der Waals surface area (Å²) in [7, 11) is 0. The average molecular weight is 1470 g/mol. The van der Waals surface area contributed by atoms with Crippen LogP contribution in [0.3, 0.4) is 0 Å². The van der Waals surface area contributed by atoms with Crippen LogP contribution in [0.25, 0.3) is 20.9 Å². The summed E-state index contributed by atoms with van der Waals surface area (Å²) in [6.45, 7) is 9.29. The Morgan fingerprint density at radius 1 is 0.189 bits per heavy atom. The minimum atomic E-state index is -0.437. The highest BCUT2D eigenvalue weighted by molar-refractivity contribution is 7.14. The molecule has 7 aromatic rings. The topological polar surface area (TPSA) is 0 Å². The van der Waals surface area contributed by atoms with E-state index in [4.69, 9.17) is 0 Å². The Labute approximate surface area is 661 Å². The summed E-state index contributed by atoms with van der Waals surface area (Å²) in [5.74, 6) is 0. The summed E-state index contributed by atoms with van der Waals surface area (Å²) in [5.41, 5.74) is 19.5. The third kappa shape index (κ3) is 26.3. The van der Waals surface area contributed by atoms with E-state index in [1.54, 1.807) is 0 Å². The molecule has 0 N–H and O–H groups in total. The molecule has 0 nitrogen and oxygen atoms in total. The van der Waals surface area contributed by atoms with Crippen molar-refractivity contribution in [3.63, 3.8) is 0 Å². The lowest BCUT2D eigenvalue weighted by atomic mass is 9.65. The first-order chi connectivity index (χ1) is 52.6. The second-order valence-corrected chi connectivity index (χ2v) is 35.8. The number of rotatable bonds is 64. The van der Waals surface area contributed by atoms with Crippen molar-refractivity contribution in [3.05, 3.63) is 199 Å². The van der Waals surface area contributed by atoms with Crippen LogP contribution >= 0.6 is 22.7 Å². The van der Waals surface area contributed by atoms with Crippen molar-refractivity contribution in [2.45, 2.75) is 424 Å². The molecule has 9 rings (SSSR count). The van der Waals surface area contributed by atoms with Gasteiger partial charge in [0.2, 0.25) is 0 Å². The van der Waals surface area contributed by atoms with Crippen LogP contribution in [0.2, 0.25) is 0 Å². The van der Waals surface area contributed by atoms with Crippen LogP contribution in [0.15, 0.2) is 132 Å². The van der Waals surface area contributed by atoms with Crippen LogP contribution in [0.5, 0.6) is 0 Å². The van der Waals surface area contributed by atoms with Crippen LogP contribution in [0.1, 0.15) is 454 Å². The fourth-order valence-corrected chi connectivity index (χ4v) is 20.8. The number of unbranched alkanes of at least 4 members (excludes halogenated alkanes) is 52. The second kappa shape index (κ2) is 51.1. The van der Waals surface area contributed by atoms with Crippen LogP contribution in [0.4, 0.5) is 0 Å². The van der Waals surface area contributed by atoms with Crippen molar-refractivity contribution in [2.75, 3.05) is 0 Å². The maximum Gasteiger partial charge on any atom is 0.0722 e. The van der Waals surface area contributed by atoms with Gasteiger partial charge >= 0.3 is 0 Å². The predicted octanol–water partition coefficient (Wildman–Crippen LogP) is 34.6. The molecule has 0 aliphatic heterocycles. The molecule has 0 spiro atoms. The first kappa shape index (κ1) is 85.5. The zero-order valence-electron chi connectivity index (χ0n) is 68.9. The van der Waals surface area contributed by atoms with E-state index in [1.807, 2.05) is 22.7 Å². The smallest absolute Gasteiger partial charge is 0.0722 e. The Bertz CT molecular complexity index is 2970. The zero-order valence-corrected chi connectivity index (χ0v) is 70.6. The highest BCUT2D eigenvalue weighted by Crippen LogP contribution is 2.64. The van der Waals surface area contributed by atoms with Gasteiger partial charge in [-0.15, -0.1) is 22.7 Å². The summed E-state index contributed by atoms with van der Waals surface area (Å²) in [4.78, 5) is 2.90. The van der Waals surface area contributed by atoms with E-state index in [1.165, 1.54) is 447 Å². The predicted molar refractivity (Wildman–Crippen MR) is 473 cm³/mol. The molecule has 0 atom stereocenters. The molecule has 2 aromatic heterocycles. The summed E-state index contributed by atoms with van der Waals surface area (Å²) in [6, 6.07) is 51.2. The molecule has 0 radical (unpaired) electrons. The SMILES string of the molecule is CCCCCCCCCCCCCCCCc1ccc(C2(c3ccc(CCCCCCCCCCCCCCCC)cc3)c3cc4c(cc3-c3sccc32)C(c2ccc(CCCCCCCCCCCCCCCC)cc2)(c2ccc(CCCCCCCCCCCCCCCC)cc2)c2ccsc2-4)cc1. The summed E-state index contributed by atoms with van der Waals surface area (Å²) >= 11 is 3.95. The number of hydrogen-bond acceptors (Lipinski definition) is 2. The maximum atomic E-state index is 2.74. The van der Waals surface area contributed by atoms with E-state index in [0.29, 0.717) is 0 Å². The van der Waals surface area contributed by atoms with Crippen LogP contribution in [0, 0.1) is 0 Å². The average Bonchev–Trinajstić information content (AvgIpc) is 1.51. The number of thiophene rings is 2. The van der Waals surface area contributed by atoms with Crippen LogP contribution < -0.4 is 0 Å². The van der Waals surface area contributed by atoms with E-state index in [0.717, 1.165) is 25.7 Å². The lowest BCUT2D eigenvalue weighted by molar-refractivity contribution is 0.535. The Hall–Kier alpha value is -4.50. The van der Waals surface area contributed by atoms with Gasteiger partial charge in [0.25, 0.3) is 0 Å². The standard InChI is InChI=1S/C104H154S2/c1-5-9-13-17-21-25-29-33-37-41-45-49-53-57-61-87-65-73-91(74-66-87)103(92-75-67-88(68-76-92)62-58-54-50-46-42-38-34-30-26-22-18-14-10-6-2)97-81-83-105-101(97)95-86-100-96(85-99(95)103)102-98(82-84-106-102)104(100,93-77-69-89(70-78-93)63-59-55-51-47-43-39-35-31-27-23-19-15-11-7-3)94-79-71-90(72-80-94)64-60-56-52-48-44-40-36-32-28-24-20-16-12-8-4/h65-86H,5-64H2,1-4H3. The second-order valence-electron chi connectivity index (χ2n) is 33.9. The van der Waals surface area contributed by atoms with Gasteiger partial charge in [-0.3, -0.25) is 0 Å². The summed E-state index contributed by atoms with van der Waals surface area (Å²) < 4.78 is 0. The maximum absolute atomic E-state index is 2.74. The Morgan fingerprint density at radius 2 is 0.358 bits per heavy atom. The van der Waals surface area contributed by atoms with Crippen LogP contribution in [-0.2, 0) is 36.5 Å². The molecule has 582 valence electrons. The van der Waals surface area contributed by atoms with Crippen molar-refractivity contribution in [1.82, 2.24) is 0 Å². The van der Waals surface area contributed by atoms with Crippen molar-refractivity contribution in [2.24, 2.45) is 0 Å². The van der Waals surface area contributed by atoms with Gasteiger partial charge in [-0.05, 0) is 164 Å². The molecule has 2 aliphatic carbocycles. The molecular formula is C104H154S2. The molecule has 0 bridgehead atoms. The molecule has 5 aromatic carbocycles. The molecule has 0 saturated carbocycles. The van der Waals surface area contributed by atoms with Crippen molar-refractivity contribution in [3.8, 4) is 20.9 Å². The minimum absolute atomic E-state index is 0.437. The quantitative estimate of drug-likeness (QED) is 0.0333. The molecule has 2 aliphatic rings. The van der Waals surface area contributed by atoms with Crippen molar-refractivity contribution in [1.29, 1.82) is 0 Å². The Balaban J connectivity index is 0.934. The third-order valence-electron chi connectivity index (χ3n) is 25.4. The molecule has 0 saturated heterocycles. The third-order valence-corrected chi connectivity index (χ3v) is 27.3. The van der Waals surface area contributed by atoms with E-state index in [-0.39, 0.29) is 0 Å². The zero-order chi connectivity index (χ0) is 73.6. The van der Waals surface area contributed by atoms with Gasteiger partial charge < -0.3 is 0 Å². The van der Waals surface area contributed by atoms with Gasteiger partial charge in [-0.1, -0.05) is 459 Å². The minimum Gasteiger partial charge on any atom is -0.143 e. The molecule has 0 amide bonds. The van der Waals surface area contributed by atoms with Gasteiger partial charge in [-0.25, -0.2) is 0 Å². The normalized spacial score (nSPS) is 13.2. The Kier molecular flexibility index (Phi) is 41.2. The van der Waals surface area contributed by atoms with Gasteiger partial charge in [0.15, 0.2) is 0 Å². The number of aryl methyl sites for hydroxylation is 4. The van der Waals surface area contributed by atoms with E-state index in [2.05, 4.69) is 160 Å². The van der Waals surface area contributed by atoms with E-state index < -0.39 is 10.8 Å². The molecule has 106 heavy (non-hydrogen) atoms. The molecule has 2 heterocycles. The summed E-state index contributed by atoms with van der Waals surface area (Å²) in [5, 5.41) is 4.84. The monoisotopic (exact) mass is 1470 g/mol. The number of hydrogen-bond donors (Lipinski definition) is 0. The molecular weight excluding hydrogens is 1310 g/mol. The van der Waals surface area contributed by atoms with Gasteiger partial charge in [0.05, 0.1) is 10.8 Å². The molecule has 0 fully saturated rings. The Morgan fingerprint density at radius 3 is 0.538 bits per heavy atom. The largest absolute Gasteiger partial charge is 0.143 e. The van der Waals surface area contributed by atoms with E-state index in [9.17, 15) is 0 Å². The highest BCUT2D eigenvalue weighted by atomic mass is 32.1. The highest BCUT2D eigenvalue weighted by Gasteiger charge is 2.52. The van der Waals surface area contributed by atoms with Gasteiger partial charge in [0, 0.05) is 9.75 Å². The van der Waals surface area contributed by atoms with Crippen molar-refractivity contribution >= 4 is 22.7 Å². The first-order valence-electron chi connectivity index (χ1n) is 46.3. The van der Waals surface area contributed by atoms with E-state index >= 15 is 0 Å². The molecule has 0 unspecified atom stereocenters. The lowest BCUT2D eigenvalue weighted by Gasteiger charge is -2.35. The van der Waals surface area contributed by atoms with Gasteiger partial charge in [0.1, 0.15) is 0 Å². The molecule has 2 heteroatoms. The van der Waals surface area contributed by atoms with Crippen LogP contribution in [-0.4, -0.2) is 0 Å². The lowest BCUT2D eigenvalue weighted by Crippen LogP contribution is -2.30. The van der Waals surface area contributed by atoms with Gasteiger partial charge in [-0.2, -0.15) is 0 Å². The fraction of sp³-hybridized carbons (Fsp3) is 0.635. The number of fused-ring (bicyclic) bond motifs is 6. The number of benzene rings is 5. The first-order valence-corrected chi connectivity index (χ1v) is 48.1.